The van der Waals surface area contributed by atoms with Gasteiger partial charge in [0.05, 0.1) is 0 Å². The van der Waals surface area contributed by atoms with Crippen LogP contribution in [0.4, 0.5) is 11.4 Å². The third-order valence-electron chi connectivity index (χ3n) is 6.81. The molecule has 3 N–H and O–H groups in total. The summed E-state index contributed by atoms with van der Waals surface area (Å²) in [5.74, 6) is -0.440. The van der Waals surface area contributed by atoms with Crippen molar-refractivity contribution < 1.29 is 15.0 Å². The number of nitrogens with one attached hydrogen (secondary N) is 1. The molecular formula is C34H31N3O3S. The van der Waals surface area contributed by atoms with Crippen molar-refractivity contribution in [1.82, 2.24) is 10.3 Å². The van der Waals surface area contributed by atoms with E-state index >= 15 is 0 Å². The van der Waals surface area contributed by atoms with E-state index in [4.69, 9.17) is 0 Å². The molecule has 1 heterocycles. The predicted molar refractivity (Wildman–Crippen MR) is 166 cm³/mol. The Balaban J connectivity index is 1.58. The highest BCUT2D eigenvalue weighted by Crippen LogP contribution is 2.50. The van der Waals surface area contributed by atoms with Crippen molar-refractivity contribution in [1.29, 1.82) is 0 Å². The number of amides is 1. The van der Waals surface area contributed by atoms with Gasteiger partial charge in [-0.05, 0) is 61.4 Å². The highest BCUT2D eigenvalue weighted by Gasteiger charge is 2.26. The fourth-order valence-electron chi connectivity index (χ4n) is 4.84. The molecule has 0 unspecified atom stereocenters. The molecule has 0 aliphatic rings. The first-order chi connectivity index (χ1) is 19.9. The lowest BCUT2D eigenvalue weighted by molar-refractivity contribution is 0.0963. The minimum absolute atomic E-state index is 0.0428. The minimum atomic E-state index is -0.245. The average Bonchev–Trinajstić information content (AvgIpc) is 3.01. The van der Waals surface area contributed by atoms with Crippen LogP contribution in [-0.4, -0.2) is 34.7 Å². The third kappa shape index (κ3) is 5.76. The van der Waals surface area contributed by atoms with Crippen LogP contribution < -0.4 is 10.2 Å². The monoisotopic (exact) mass is 561 g/mol. The van der Waals surface area contributed by atoms with Crippen LogP contribution in [0.15, 0.2) is 113 Å². The van der Waals surface area contributed by atoms with Gasteiger partial charge in [0.2, 0.25) is 5.88 Å². The van der Waals surface area contributed by atoms with Crippen LogP contribution in [0.3, 0.4) is 0 Å². The number of para-hydroxylation sites is 1. The molecule has 206 valence electrons. The van der Waals surface area contributed by atoms with E-state index in [9.17, 15) is 15.0 Å². The number of anilines is 2. The molecule has 6 nitrogen and oxygen atoms in total. The Morgan fingerprint density at radius 1 is 0.878 bits per heavy atom. The van der Waals surface area contributed by atoms with Gasteiger partial charge in [-0.25, -0.2) is 4.98 Å². The van der Waals surface area contributed by atoms with Gasteiger partial charge in [0.15, 0.2) is 5.75 Å². The number of carbonyl (C=O) groups is 1. The Kier molecular flexibility index (Phi) is 8.26. The molecule has 5 aromatic rings. The number of benzene rings is 4. The second-order valence-corrected chi connectivity index (χ2v) is 10.6. The number of pyridine rings is 1. The van der Waals surface area contributed by atoms with Crippen molar-refractivity contribution >= 4 is 29.0 Å². The number of rotatable bonds is 8. The maximum absolute atomic E-state index is 12.4. The quantitative estimate of drug-likeness (QED) is 0.179. The Morgan fingerprint density at radius 2 is 1.59 bits per heavy atom. The lowest BCUT2D eigenvalue weighted by atomic mass is 9.99. The fourth-order valence-corrected chi connectivity index (χ4v) is 5.68. The Labute approximate surface area is 244 Å². The van der Waals surface area contributed by atoms with Gasteiger partial charge < -0.3 is 20.4 Å². The van der Waals surface area contributed by atoms with Crippen LogP contribution in [0.1, 0.15) is 22.8 Å². The minimum Gasteiger partial charge on any atom is -0.504 e. The standard InChI is InChI=1S/C34H31N3O3S/c1-4-37(25-13-6-5-7-14-25)30-29(24-12-10-11-22(2)21-24)36-34(40)32(31(30)38)41-26-19-17-23(18-20-26)27-15-8-9-16-28(27)33(39)35-3/h5-21H,4H2,1-3H3,(H,35,39)(H2,36,38,40). The molecule has 1 amide bonds. The first-order valence-electron chi connectivity index (χ1n) is 13.4. The Hall–Kier alpha value is -4.75. The molecule has 0 fully saturated rings. The molecule has 0 aliphatic carbocycles. The highest BCUT2D eigenvalue weighted by atomic mass is 32.2. The van der Waals surface area contributed by atoms with Gasteiger partial charge in [0.1, 0.15) is 16.3 Å². The first-order valence-corrected chi connectivity index (χ1v) is 14.2. The highest BCUT2D eigenvalue weighted by molar-refractivity contribution is 7.99. The second kappa shape index (κ2) is 12.2. The van der Waals surface area contributed by atoms with Crippen molar-refractivity contribution in [3.05, 3.63) is 114 Å². The molecule has 4 aromatic carbocycles. The average molecular weight is 562 g/mol. The number of aromatic nitrogens is 1. The molecule has 5 rings (SSSR count). The molecule has 0 atom stereocenters. The molecule has 0 saturated carbocycles. The van der Waals surface area contributed by atoms with E-state index < -0.39 is 0 Å². The van der Waals surface area contributed by atoms with Gasteiger partial charge in [-0.15, -0.1) is 0 Å². The molecule has 1 aromatic heterocycles. The smallest absolute Gasteiger partial charge is 0.251 e. The number of carbonyl (C=O) groups excluding carboxylic acids is 1. The zero-order valence-corrected chi connectivity index (χ0v) is 23.9. The summed E-state index contributed by atoms with van der Waals surface area (Å²) >= 11 is 1.24. The van der Waals surface area contributed by atoms with E-state index in [1.54, 1.807) is 13.1 Å². The predicted octanol–water partition coefficient (Wildman–Crippen LogP) is 7.80. The Bertz CT molecular complexity index is 1690. The summed E-state index contributed by atoms with van der Waals surface area (Å²) in [5.41, 5.74) is 6.08. The summed E-state index contributed by atoms with van der Waals surface area (Å²) in [6, 6.07) is 32.8. The summed E-state index contributed by atoms with van der Waals surface area (Å²) in [6.07, 6.45) is 0. The van der Waals surface area contributed by atoms with E-state index in [2.05, 4.69) is 10.3 Å². The SMILES string of the molecule is CCN(c1ccccc1)c1c(-c2cccc(C)c2)nc(O)c(Sc2ccc(-c3ccccc3C(=O)NC)cc2)c1O. The molecule has 0 radical (unpaired) electrons. The van der Waals surface area contributed by atoms with Gasteiger partial charge >= 0.3 is 0 Å². The van der Waals surface area contributed by atoms with Crippen molar-refractivity contribution in [3.8, 4) is 34.0 Å². The summed E-state index contributed by atoms with van der Waals surface area (Å²) in [5, 5.41) is 25.6. The number of hydrogen-bond acceptors (Lipinski definition) is 6. The summed E-state index contributed by atoms with van der Waals surface area (Å²) in [6.45, 7) is 4.59. The molecule has 0 spiro atoms. The van der Waals surface area contributed by atoms with E-state index in [1.807, 2.05) is 116 Å². The molecule has 0 bridgehead atoms. The Morgan fingerprint density at radius 3 is 2.27 bits per heavy atom. The lowest BCUT2D eigenvalue weighted by Crippen LogP contribution is -2.18. The van der Waals surface area contributed by atoms with E-state index in [-0.39, 0.29) is 22.4 Å². The van der Waals surface area contributed by atoms with E-state index in [1.165, 1.54) is 11.8 Å². The van der Waals surface area contributed by atoms with Crippen LogP contribution in [0, 0.1) is 6.92 Å². The van der Waals surface area contributed by atoms with Crippen LogP contribution in [0.5, 0.6) is 11.6 Å². The third-order valence-corrected chi connectivity index (χ3v) is 7.90. The van der Waals surface area contributed by atoms with Gasteiger partial charge in [0.25, 0.3) is 5.91 Å². The van der Waals surface area contributed by atoms with Gasteiger partial charge in [-0.2, -0.15) is 0 Å². The van der Waals surface area contributed by atoms with E-state index in [0.29, 0.717) is 23.5 Å². The largest absolute Gasteiger partial charge is 0.504 e. The lowest BCUT2D eigenvalue weighted by Gasteiger charge is -2.27. The van der Waals surface area contributed by atoms with E-state index in [0.717, 1.165) is 32.8 Å². The summed E-state index contributed by atoms with van der Waals surface area (Å²) in [7, 11) is 1.61. The molecule has 41 heavy (non-hydrogen) atoms. The van der Waals surface area contributed by atoms with Gasteiger partial charge in [0, 0.05) is 35.3 Å². The van der Waals surface area contributed by atoms with Crippen molar-refractivity contribution in [2.75, 3.05) is 18.5 Å². The van der Waals surface area contributed by atoms with Crippen LogP contribution in [0.2, 0.25) is 0 Å². The second-order valence-electron chi connectivity index (χ2n) is 9.51. The summed E-state index contributed by atoms with van der Waals surface area (Å²) < 4.78 is 0. The molecule has 0 aliphatic heterocycles. The zero-order chi connectivity index (χ0) is 28.9. The molecular weight excluding hydrogens is 530 g/mol. The number of nitrogens with zero attached hydrogens (tertiary/aromatic N) is 2. The van der Waals surface area contributed by atoms with Crippen LogP contribution in [0.25, 0.3) is 22.4 Å². The number of aromatic hydroxyl groups is 2. The van der Waals surface area contributed by atoms with Gasteiger partial charge in [-0.1, -0.05) is 84.1 Å². The fraction of sp³-hybridized carbons (Fsp3) is 0.118. The number of aryl methyl sites for hydroxylation is 1. The van der Waals surface area contributed by atoms with Crippen LogP contribution in [-0.2, 0) is 0 Å². The van der Waals surface area contributed by atoms with Crippen molar-refractivity contribution in [3.63, 3.8) is 0 Å². The normalized spacial score (nSPS) is 10.8. The first kappa shape index (κ1) is 27.8. The van der Waals surface area contributed by atoms with Crippen LogP contribution >= 0.6 is 11.8 Å². The summed E-state index contributed by atoms with van der Waals surface area (Å²) in [4.78, 5) is 20.1. The topological polar surface area (TPSA) is 85.7 Å². The van der Waals surface area contributed by atoms with Crippen molar-refractivity contribution in [2.45, 2.75) is 23.6 Å². The maximum atomic E-state index is 12.4. The molecule has 0 saturated heterocycles. The maximum Gasteiger partial charge on any atom is 0.251 e. The van der Waals surface area contributed by atoms with Gasteiger partial charge in [-0.3, -0.25) is 4.79 Å². The zero-order valence-electron chi connectivity index (χ0n) is 23.1. The number of hydrogen-bond donors (Lipinski definition) is 3. The molecule has 7 heteroatoms. The van der Waals surface area contributed by atoms with Crippen molar-refractivity contribution in [2.24, 2.45) is 0 Å².